The van der Waals surface area contributed by atoms with E-state index < -0.39 is 0 Å². The van der Waals surface area contributed by atoms with Gasteiger partial charge in [0.25, 0.3) is 0 Å². The predicted molar refractivity (Wildman–Crippen MR) is 82.3 cm³/mol. The van der Waals surface area contributed by atoms with Gasteiger partial charge in [0.15, 0.2) is 0 Å². The topological polar surface area (TPSA) is 26.0 Å². The summed E-state index contributed by atoms with van der Waals surface area (Å²) in [5.74, 6) is 2.57. The van der Waals surface area contributed by atoms with Crippen LogP contribution in [0.2, 0.25) is 0 Å². The van der Waals surface area contributed by atoms with Crippen LogP contribution in [0.4, 0.5) is 4.39 Å². The minimum atomic E-state index is -0.163. The molecule has 106 valence electrons. The third-order valence-electron chi connectivity index (χ3n) is 5.30. The smallest absolute Gasteiger partial charge is 0.123 e. The summed E-state index contributed by atoms with van der Waals surface area (Å²) >= 11 is 1.73. The molecule has 4 atom stereocenters. The zero-order valence-corrected chi connectivity index (χ0v) is 12.3. The van der Waals surface area contributed by atoms with E-state index >= 15 is 0 Å². The van der Waals surface area contributed by atoms with E-state index in [0.717, 1.165) is 34.3 Å². The first-order chi connectivity index (χ1) is 9.69. The quantitative estimate of drug-likeness (QED) is 0.857. The van der Waals surface area contributed by atoms with Crippen molar-refractivity contribution >= 4 is 21.4 Å². The van der Waals surface area contributed by atoms with Gasteiger partial charge in [0, 0.05) is 15.6 Å². The fourth-order valence-electron chi connectivity index (χ4n) is 4.32. The Balaban J connectivity index is 1.53. The summed E-state index contributed by atoms with van der Waals surface area (Å²) in [6.45, 7) is 0. The van der Waals surface area contributed by atoms with Gasteiger partial charge in [-0.2, -0.15) is 0 Å². The molecule has 20 heavy (non-hydrogen) atoms. The summed E-state index contributed by atoms with van der Waals surface area (Å²) in [6, 6.07) is 7.22. The highest BCUT2D eigenvalue weighted by molar-refractivity contribution is 7.19. The SMILES string of the molecule is NC(CC1CC2CCC1C2)c1cc2cc(F)ccc2s1. The lowest BCUT2D eigenvalue weighted by Crippen LogP contribution is -2.18. The van der Waals surface area contributed by atoms with E-state index in [1.807, 2.05) is 6.07 Å². The fourth-order valence-corrected chi connectivity index (χ4v) is 5.38. The van der Waals surface area contributed by atoms with Crippen LogP contribution >= 0.6 is 11.3 Å². The molecular weight excluding hydrogens is 269 g/mol. The van der Waals surface area contributed by atoms with Crippen molar-refractivity contribution in [3.05, 3.63) is 35.0 Å². The van der Waals surface area contributed by atoms with Crippen LogP contribution in [0.1, 0.15) is 43.0 Å². The lowest BCUT2D eigenvalue weighted by atomic mass is 9.84. The van der Waals surface area contributed by atoms with Crippen LogP contribution < -0.4 is 5.73 Å². The molecular formula is C17H20FNS. The van der Waals surface area contributed by atoms with E-state index in [9.17, 15) is 4.39 Å². The molecule has 0 spiro atoms. The monoisotopic (exact) mass is 289 g/mol. The van der Waals surface area contributed by atoms with Crippen molar-refractivity contribution in [3.63, 3.8) is 0 Å². The highest BCUT2D eigenvalue weighted by atomic mass is 32.1. The highest BCUT2D eigenvalue weighted by Gasteiger charge is 2.39. The summed E-state index contributed by atoms with van der Waals surface area (Å²) in [4.78, 5) is 1.22. The molecule has 1 aromatic heterocycles. The van der Waals surface area contributed by atoms with Crippen LogP contribution in [0.25, 0.3) is 10.1 Å². The van der Waals surface area contributed by atoms with Crippen molar-refractivity contribution in [1.82, 2.24) is 0 Å². The largest absolute Gasteiger partial charge is 0.323 e. The zero-order valence-electron chi connectivity index (χ0n) is 11.5. The third-order valence-corrected chi connectivity index (χ3v) is 6.55. The molecule has 2 fully saturated rings. The van der Waals surface area contributed by atoms with E-state index in [1.165, 1.54) is 36.6 Å². The van der Waals surface area contributed by atoms with Crippen LogP contribution in [-0.4, -0.2) is 0 Å². The summed E-state index contributed by atoms with van der Waals surface area (Å²) in [5, 5.41) is 0.994. The lowest BCUT2D eigenvalue weighted by molar-refractivity contribution is 0.297. The summed E-state index contributed by atoms with van der Waals surface area (Å²) in [6.07, 6.45) is 6.79. The summed E-state index contributed by atoms with van der Waals surface area (Å²) < 4.78 is 14.4. The molecule has 2 saturated carbocycles. The summed E-state index contributed by atoms with van der Waals surface area (Å²) in [7, 11) is 0. The number of hydrogen-bond donors (Lipinski definition) is 1. The number of benzene rings is 1. The van der Waals surface area contributed by atoms with Crippen molar-refractivity contribution in [1.29, 1.82) is 0 Å². The van der Waals surface area contributed by atoms with E-state index in [2.05, 4.69) is 6.07 Å². The number of fused-ring (bicyclic) bond motifs is 3. The second-order valence-corrected chi connectivity index (χ2v) is 7.72. The Bertz CT molecular complexity index is 635. The van der Waals surface area contributed by atoms with Gasteiger partial charge in [-0.05, 0) is 73.1 Å². The van der Waals surface area contributed by atoms with Crippen molar-refractivity contribution < 1.29 is 4.39 Å². The van der Waals surface area contributed by atoms with Crippen molar-refractivity contribution in [2.45, 2.75) is 38.1 Å². The number of nitrogens with two attached hydrogens (primary N) is 1. The molecule has 2 aliphatic rings. The third kappa shape index (κ3) is 2.17. The van der Waals surface area contributed by atoms with Crippen LogP contribution in [0.15, 0.2) is 24.3 Å². The molecule has 1 aromatic carbocycles. The second-order valence-electron chi connectivity index (χ2n) is 6.61. The van der Waals surface area contributed by atoms with Crippen LogP contribution in [0.3, 0.4) is 0 Å². The molecule has 0 saturated heterocycles. The Morgan fingerprint density at radius 1 is 1.25 bits per heavy atom. The Labute approximate surface area is 123 Å². The lowest BCUT2D eigenvalue weighted by Gasteiger charge is -2.24. The van der Waals surface area contributed by atoms with Gasteiger partial charge in [-0.1, -0.05) is 6.42 Å². The Kier molecular flexibility index (Phi) is 3.08. The van der Waals surface area contributed by atoms with Gasteiger partial charge in [-0.3, -0.25) is 0 Å². The minimum absolute atomic E-state index is 0.125. The summed E-state index contributed by atoms with van der Waals surface area (Å²) in [5.41, 5.74) is 6.43. The predicted octanol–water partition coefficient (Wildman–Crippen LogP) is 4.87. The maximum atomic E-state index is 13.2. The van der Waals surface area contributed by atoms with E-state index in [4.69, 9.17) is 5.73 Å². The molecule has 4 unspecified atom stereocenters. The Morgan fingerprint density at radius 3 is 2.90 bits per heavy atom. The van der Waals surface area contributed by atoms with Crippen LogP contribution in [0, 0.1) is 23.6 Å². The highest BCUT2D eigenvalue weighted by Crippen LogP contribution is 2.51. The van der Waals surface area contributed by atoms with Gasteiger partial charge in [0.05, 0.1) is 0 Å². The average molecular weight is 289 g/mol. The number of hydrogen-bond acceptors (Lipinski definition) is 2. The van der Waals surface area contributed by atoms with Crippen molar-refractivity contribution in [2.75, 3.05) is 0 Å². The van der Waals surface area contributed by atoms with E-state index in [1.54, 1.807) is 17.4 Å². The number of thiophene rings is 1. The van der Waals surface area contributed by atoms with Gasteiger partial charge < -0.3 is 5.73 Å². The minimum Gasteiger partial charge on any atom is -0.323 e. The molecule has 0 aliphatic heterocycles. The maximum Gasteiger partial charge on any atom is 0.123 e. The van der Waals surface area contributed by atoms with Gasteiger partial charge in [-0.15, -0.1) is 11.3 Å². The molecule has 1 heterocycles. The molecule has 1 nitrogen and oxygen atoms in total. The number of rotatable bonds is 3. The van der Waals surface area contributed by atoms with Gasteiger partial charge >= 0.3 is 0 Å². The molecule has 2 bridgehead atoms. The Hall–Kier alpha value is -0.930. The van der Waals surface area contributed by atoms with Gasteiger partial charge in [-0.25, -0.2) is 4.39 Å². The normalized spacial score (nSPS) is 30.2. The molecule has 2 N–H and O–H groups in total. The van der Waals surface area contributed by atoms with Gasteiger partial charge in [0.1, 0.15) is 5.82 Å². The van der Waals surface area contributed by atoms with Crippen molar-refractivity contribution in [3.8, 4) is 0 Å². The van der Waals surface area contributed by atoms with Crippen LogP contribution in [-0.2, 0) is 0 Å². The molecule has 2 aliphatic carbocycles. The zero-order chi connectivity index (χ0) is 13.7. The second kappa shape index (κ2) is 4.81. The molecule has 0 amide bonds. The molecule has 0 radical (unpaired) electrons. The Morgan fingerprint density at radius 2 is 2.15 bits per heavy atom. The first-order valence-electron chi connectivity index (χ1n) is 7.63. The maximum absolute atomic E-state index is 13.2. The first kappa shape index (κ1) is 12.8. The first-order valence-corrected chi connectivity index (χ1v) is 8.45. The van der Waals surface area contributed by atoms with E-state index in [-0.39, 0.29) is 11.9 Å². The van der Waals surface area contributed by atoms with Crippen LogP contribution in [0.5, 0.6) is 0 Å². The average Bonchev–Trinajstić information content (AvgIpc) is 3.11. The fraction of sp³-hybridized carbons (Fsp3) is 0.529. The molecule has 3 heteroatoms. The molecule has 4 rings (SSSR count). The standard InChI is InChI=1S/C17H20FNS/c18-14-3-4-16-13(7-14)9-17(20-16)15(19)8-12-6-10-1-2-11(12)5-10/h3-4,7,9-12,15H,1-2,5-6,8,19H2. The van der Waals surface area contributed by atoms with Crippen molar-refractivity contribution in [2.24, 2.45) is 23.5 Å². The molecule has 2 aromatic rings. The van der Waals surface area contributed by atoms with E-state index in [0.29, 0.717) is 0 Å². The number of halogens is 1. The van der Waals surface area contributed by atoms with Gasteiger partial charge in [0.2, 0.25) is 0 Å².